The average Bonchev–Trinajstić information content (AvgIpc) is 2.31. The van der Waals surface area contributed by atoms with E-state index >= 15 is 0 Å². The SMILES string of the molecule is NOCc1ccc(N2CCOCC2)c(Cl)c1. The lowest BCUT2D eigenvalue weighted by Gasteiger charge is -2.29. The number of benzene rings is 1. The molecule has 1 aromatic carbocycles. The monoisotopic (exact) mass is 242 g/mol. The predicted molar refractivity (Wildman–Crippen MR) is 63.5 cm³/mol. The molecule has 0 amide bonds. The lowest BCUT2D eigenvalue weighted by molar-refractivity contribution is 0.122. The maximum Gasteiger partial charge on any atom is 0.0930 e. The van der Waals surface area contributed by atoms with Crippen LogP contribution in [0.15, 0.2) is 18.2 Å². The van der Waals surface area contributed by atoms with Gasteiger partial charge in [-0.3, -0.25) is 4.84 Å². The first-order chi connectivity index (χ1) is 7.81. The van der Waals surface area contributed by atoms with Crippen molar-refractivity contribution in [1.82, 2.24) is 0 Å². The Kier molecular flexibility index (Phi) is 4.01. The molecule has 0 aliphatic carbocycles. The van der Waals surface area contributed by atoms with E-state index in [1.54, 1.807) is 0 Å². The van der Waals surface area contributed by atoms with Crippen LogP contribution >= 0.6 is 11.6 Å². The van der Waals surface area contributed by atoms with Crippen molar-refractivity contribution in [2.24, 2.45) is 5.90 Å². The van der Waals surface area contributed by atoms with Gasteiger partial charge in [0.25, 0.3) is 0 Å². The number of hydrogen-bond donors (Lipinski definition) is 1. The lowest BCUT2D eigenvalue weighted by atomic mass is 10.2. The summed E-state index contributed by atoms with van der Waals surface area (Å²) in [6.07, 6.45) is 0. The molecule has 0 spiro atoms. The second-order valence-electron chi connectivity index (χ2n) is 3.70. The standard InChI is InChI=1S/C11H15ClN2O2/c12-10-7-9(8-16-13)1-2-11(10)14-3-5-15-6-4-14/h1-2,7H,3-6,8,13H2. The van der Waals surface area contributed by atoms with Gasteiger partial charge in [0.2, 0.25) is 0 Å². The van der Waals surface area contributed by atoms with Crippen LogP contribution in [0.4, 0.5) is 5.69 Å². The van der Waals surface area contributed by atoms with Crippen molar-refractivity contribution < 1.29 is 9.57 Å². The van der Waals surface area contributed by atoms with Crippen LogP contribution in [-0.2, 0) is 16.2 Å². The molecule has 0 aromatic heterocycles. The van der Waals surface area contributed by atoms with E-state index in [1.165, 1.54) is 0 Å². The van der Waals surface area contributed by atoms with Gasteiger partial charge in [-0.25, -0.2) is 5.90 Å². The predicted octanol–water partition coefficient (Wildman–Crippen LogP) is 1.57. The molecule has 2 N–H and O–H groups in total. The fourth-order valence-corrected chi connectivity index (χ4v) is 2.12. The zero-order valence-corrected chi connectivity index (χ0v) is 9.74. The Hall–Kier alpha value is -0.810. The molecule has 5 heteroatoms. The lowest BCUT2D eigenvalue weighted by Crippen LogP contribution is -2.36. The average molecular weight is 243 g/mol. The van der Waals surface area contributed by atoms with Crippen LogP contribution < -0.4 is 10.8 Å². The largest absolute Gasteiger partial charge is 0.378 e. The summed E-state index contributed by atoms with van der Waals surface area (Å²) in [6.45, 7) is 3.65. The topological polar surface area (TPSA) is 47.7 Å². The van der Waals surface area contributed by atoms with Crippen LogP contribution in [0.25, 0.3) is 0 Å². The molecule has 0 unspecified atom stereocenters. The third kappa shape index (κ3) is 2.65. The van der Waals surface area contributed by atoms with E-state index in [0.717, 1.165) is 42.6 Å². The number of nitrogens with two attached hydrogens (primary N) is 1. The molecule has 0 atom stereocenters. The van der Waals surface area contributed by atoms with E-state index in [2.05, 4.69) is 9.74 Å². The maximum absolute atomic E-state index is 6.22. The minimum Gasteiger partial charge on any atom is -0.378 e. The van der Waals surface area contributed by atoms with Gasteiger partial charge in [0, 0.05) is 13.1 Å². The van der Waals surface area contributed by atoms with Gasteiger partial charge in [-0.1, -0.05) is 17.7 Å². The number of anilines is 1. The number of ether oxygens (including phenoxy) is 1. The summed E-state index contributed by atoms with van der Waals surface area (Å²) in [5.41, 5.74) is 2.02. The first kappa shape index (κ1) is 11.7. The molecule has 0 saturated carbocycles. The summed E-state index contributed by atoms with van der Waals surface area (Å²) >= 11 is 6.22. The van der Waals surface area contributed by atoms with Crippen LogP contribution in [-0.4, -0.2) is 26.3 Å². The number of rotatable bonds is 3. The van der Waals surface area contributed by atoms with Crippen LogP contribution in [0.2, 0.25) is 5.02 Å². The van der Waals surface area contributed by atoms with E-state index in [1.807, 2.05) is 18.2 Å². The molecule has 4 nitrogen and oxygen atoms in total. The highest BCUT2D eigenvalue weighted by atomic mass is 35.5. The van der Waals surface area contributed by atoms with Gasteiger partial charge < -0.3 is 9.64 Å². The fraction of sp³-hybridized carbons (Fsp3) is 0.455. The molecule has 88 valence electrons. The van der Waals surface area contributed by atoms with Crippen molar-refractivity contribution in [1.29, 1.82) is 0 Å². The van der Waals surface area contributed by atoms with Gasteiger partial charge in [0.15, 0.2) is 0 Å². The zero-order valence-electron chi connectivity index (χ0n) is 8.99. The van der Waals surface area contributed by atoms with E-state index in [-0.39, 0.29) is 0 Å². The van der Waals surface area contributed by atoms with Gasteiger partial charge >= 0.3 is 0 Å². The molecule has 0 bridgehead atoms. The molecular formula is C11H15ClN2O2. The van der Waals surface area contributed by atoms with Crippen LogP contribution in [0.1, 0.15) is 5.56 Å². The highest BCUT2D eigenvalue weighted by Crippen LogP contribution is 2.27. The van der Waals surface area contributed by atoms with E-state index < -0.39 is 0 Å². The molecule has 0 radical (unpaired) electrons. The van der Waals surface area contributed by atoms with E-state index in [0.29, 0.717) is 6.61 Å². The fourth-order valence-electron chi connectivity index (χ4n) is 1.80. The van der Waals surface area contributed by atoms with Crippen LogP contribution in [0.5, 0.6) is 0 Å². The summed E-state index contributed by atoms with van der Waals surface area (Å²) in [5, 5.41) is 0.733. The van der Waals surface area contributed by atoms with Gasteiger partial charge in [-0.2, -0.15) is 0 Å². The number of hydrogen-bond acceptors (Lipinski definition) is 4. The third-order valence-electron chi connectivity index (χ3n) is 2.61. The van der Waals surface area contributed by atoms with Crippen molar-refractivity contribution >= 4 is 17.3 Å². The molecule has 1 saturated heterocycles. The summed E-state index contributed by atoms with van der Waals surface area (Å²) in [5.74, 6) is 5.02. The summed E-state index contributed by atoms with van der Waals surface area (Å²) in [6, 6.07) is 5.87. The number of nitrogens with zero attached hydrogens (tertiary/aromatic N) is 1. The van der Waals surface area contributed by atoms with Gasteiger partial charge in [0.1, 0.15) is 0 Å². The minimum absolute atomic E-state index is 0.378. The highest BCUT2D eigenvalue weighted by molar-refractivity contribution is 6.33. The Morgan fingerprint density at radius 1 is 1.38 bits per heavy atom. The Bertz CT molecular complexity index is 354. The van der Waals surface area contributed by atoms with Crippen LogP contribution in [0.3, 0.4) is 0 Å². The minimum atomic E-state index is 0.378. The number of morpholine rings is 1. The van der Waals surface area contributed by atoms with Crippen molar-refractivity contribution in [3.05, 3.63) is 28.8 Å². The molecule has 1 aliphatic heterocycles. The van der Waals surface area contributed by atoms with Crippen molar-refractivity contribution in [2.45, 2.75) is 6.61 Å². The van der Waals surface area contributed by atoms with E-state index in [4.69, 9.17) is 22.2 Å². The first-order valence-electron chi connectivity index (χ1n) is 5.24. The highest BCUT2D eigenvalue weighted by Gasteiger charge is 2.14. The van der Waals surface area contributed by atoms with Gasteiger partial charge in [0.05, 0.1) is 30.5 Å². The first-order valence-corrected chi connectivity index (χ1v) is 5.62. The molecule has 1 aromatic rings. The molecule has 1 aliphatic rings. The Morgan fingerprint density at radius 3 is 2.75 bits per heavy atom. The smallest absolute Gasteiger partial charge is 0.0930 e. The van der Waals surface area contributed by atoms with Crippen LogP contribution in [0, 0.1) is 0 Å². The maximum atomic E-state index is 6.22. The summed E-state index contributed by atoms with van der Waals surface area (Å²) < 4.78 is 5.30. The summed E-state index contributed by atoms with van der Waals surface area (Å²) in [7, 11) is 0. The number of halogens is 1. The molecular weight excluding hydrogens is 228 g/mol. The molecule has 1 fully saturated rings. The molecule has 1 heterocycles. The Morgan fingerprint density at radius 2 is 2.12 bits per heavy atom. The van der Waals surface area contributed by atoms with Gasteiger partial charge in [-0.15, -0.1) is 0 Å². The third-order valence-corrected chi connectivity index (χ3v) is 2.92. The second-order valence-corrected chi connectivity index (χ2v) is 4.10. The normalized spacial score (nSPS) is 16.5. The second kappa shape index (κ2) is 5.50. The molecule has 2 rings (SSSR count). The van der Waals surface area contributed by atoms with Crippen molar-refractivity contribution in [3.63, 3.8) is 0 Å². The Balaban J connectivity index is 2.14. The van der Waals surface area contributed by atoms with Crippen molar-refractivity contribution in [2.75, 3.05) is 31.2 Å². The molecule has 16 heavy (non-hydrogen) atoms. The van der Waals surface area contributed by atoms with Gasteiger partial charge in [-0.05, 0) is 17.7 Å². The van der Waals surface area contributed by atoms with E-state index in [9.17, 15) is 0 Å². The van der Waals surface area contributed by atoms with Crippen molar-refractivity contribution in [3.8, 4) is 0 Å². The quantitative estimate of drug-likeness (QED) is 0.818. The Labute approximate surface area is 99.8 Å². The summed E-state index contributed by atoms with van der Waals surface area (Å²) in [4.78, 5) is 6.80. The zero-order chi connectivity index (χ0) is 11.4.